The SMILES string of the molecule is Cc1ccc(C(O)CCCC(N)=O)cc1C. The Labute approximate surface area is 96.3 Å². The molecule has 3 N–H and O–H groups in total. The van der Waals surface area contributed by atoms with Gasteiger partial charge in [0.1, 0.15) is 0 Å². The molecule has 16 heavy (non-hydrogen) atoms. The van der Waals surface area contributed by atoms with Crippen LogP contribution in [0.2, 0.25) is 0 Å². The summed E-state index contributed by atoms with van der Waals surface area (Å²) in [7, 11) is 0. The van der Waals surface area contributed by atoms with E-state index in [-0.39, 0.29) is 5.91 Å². The zero-order valence-electron chi connectivity index (χ0n) is 9.86. The van der Waals surface area contributed by atoms with Crippen molar-refractivity contribution >= 4 is 5.91 Å². The lowest BCUT2D eigenvalue weighted by molar-refractivity contribution is -0.118. The Hall–Kier alpha value is -1.35. The van der Waals surface area contributed by atoms with Gasteiger partial charge in [0.05, 0.1) is 6.10 Å². The first-order valence-corrected chi connectivity index (χ1v) is 5.54. The number of benzene rings is 1. The van der Waals surface area contributed by atoms with Gasteiger partial charge >= 0.3 is 0 Å². The van der Waals surface area contributed by atoms with Crippen LogP contribution < -0.4 is 5.73 Å². The van der Waals surface area contributed by atoms with Gasteiger partial charge in [-0.05, 0) is 43.4 Å². The molecule has 0 spiro atoms. The first kappa shape index (κ1) is 12.7. The third-order valence-electron chi connectivity index (χ3n) is 2.82. The molecule has 1 amide bonds. The molecule has 0 saturated carbocycles. The van der Waals surface area contributed by atoms with Crippen LogP contribution in [0, 0.1) is 13.8 Å². The summed E-state index contributed by atoms with van der Waals surface area (Å²) in [6.07, 6.45) is 1.04. The molecular formula is C13H19NO2. The van der Waals surface area contributed by atoms with Gasteiger partial charge < -0.3 is 10.8 Å². The second kappa shape index (κ2) is 5.66. The van der Waals surface area contributed by atoms with Crippen molar-refractivity contribution < 1.29 is 9.90 Å². The lowest BCUT2D eigenvalue weighted by Gasteiger charge is -2.12. The van der Waals surface area contributed by atoms with Crippen molar-refractivity contribution in [2.75, 3.05) is 0 Å². The van der Waals surface area contributed by atoms with Crippen LogP contribution in [0.3, 0.4) is 0 Å². The van der Waals surface area contributed by atoms with Crippen molar-refractivity contribution in [1.82, 2.24) is 0 Å². The van der Waals surface area contributed by atoms with Crippen molar-refractivity contribution in [2.24, 2.45) is 5.73 Å². The van der Waals surface area contributed by atoms with E-state index in [4.69, 9.17) is 5.73 Å². The van der Waals surface area contributed by atoms with Gasteiger partial charge in [0.15, 0.2) is 0 Å². The number of nitrogens with two attached hydrogens (primary N) is 1. The normalized spacial score (nSPS) is 12.4. The molecule has 0 fully saturated rings. The van der Waals surface area contributed by atoms with E-state index < -0.39 is 6.10 Å². The topological polar surface area (TPSA) is 63.3 Å². The van der Waals surface area contributed by atoms with Crippen LogP contribution in [0.15, 0.2) is 18.2 Å². The second-order valence-corrected chi connectivity index (χ2v) is 4.22. The minimum absolute atomic E-state index is 0.313. The Morgan fingerprint density at radius 1 is 1.38 bits per heavy atom. The largest absolute Gasteiger partial charge is 0.388 e. The molecular weight excluding hydrogens is 202 g/mol. The number of amides is 1. The van der Waals surface area contributed by atoms with Crippen LogP contribution >= 0.6 is 0 Å². The Kier molecular flexibility index (Phi) is 4.50. The van der Waals surface area contributed by atoms with Gasteiger partial charge in [0.25, 0.3) is 0 Å². The highest BCUT2D eigenvalue weighted by Gasteiger charge is 2.08. The zero-order chi connectivity index (χ0) is 12.1. The smallest absolute Gasteiger partial charge is 0.217 e. The molecule has 0 heterocycles. The monoisotopic (exact) mass is 221 g/mol. The molecule has 0 saturated heterocycles. The van der Waals surface area contributed by atoms with E-state index >= 15 is 0 Å². The van der Waals surface area contributed by atoms with Crippen LogP contribution in [-0.2, 0) is 4.79 Å². The lowest BCUT2D eigenvalue weighted by atomic mass is 9.99. The molecule has 0 radical (unpaired) electrons. The van der Waals surface area contributed by atoms with E-state index in [0.29, 0.717) is 19.3 Å². The fraction of sp³-hybridized carbons (Fsp3) is 0.462. The Morgan fingerprint density at radius 2 is 2.06 bits per heavy atom. The Balaban J connectivity index is 2.55. The molecule has 0 aliphatic heterocycles. The molecule has 88 valence electrons. The highest BCUT2D eigenvalue weighted by atomic mass is 16.3. The van der Waals surface area contributed by atoms with E-state index in [1.54, 1.807) is 0 Å². The predicted octanol–water partition coefficient (Wildman–Crippen LogP) is 1.99. The van der Waals surface area contributed by atoms with Crippen LogP contribution in [0.5, 0.6) is 0 Å². The van der Waals surface area contributed by atoms with Gasteiger partial charge in [0.2, 0.25) is 5.91 Å². The van der Waals surface area contributed by atoms with E-state index in [2.05, 4.69) is 0 Å². The summed E-state index contributed by atoms with van der Waals surface area (Å²) in [4.78, 5) is 10.6. The number of primary amides is 1. The molecule has 1 unspecified atom stereocenters. The number of hydrogen-bond donors (Lipinski definition) is 2. The number of carbonyl (C=O) groups excluding carboxylic acids is 1. The molecule has 0 aliphatic carbocycles. The van der Waals surface area contributed by atoms with E-state index in [1.165, 1.54) is 11.1 Å². The van der Waals surface area contributed by atoms with Gasteiger partial charge in [-0.25, -0.2) is 0 Å². The number of hydrogen-bond acceptors (Lipinski definition) is 2. The minimum Gasteiger partial charge on any atom is -0.388 e. The fourth-order valence-corrected chi connectivity index (χ4v) is 1.61. The maximum absolute atomic E-state index is 10.6. The zero-order valence-corrected chi connectivity index (χ0v) is 9.86. The number of aliphatic hydroxyl groups excluding tert-OH is 1. The summed E-state index contributed by atoms with van der Waals surface area (Å²) < 4.78 is 0. The molecule has 0 aliphatic rings. The van der Waals surface area contributed by atoms with Crippen molar-refractivity contribution in [3.63, 3.8) is 0 Å². The average Bonchev–Trinajstić information content (AvgIpc) is 2.21. The van der Waals surface area contributed by atoms with Crippen LogP contribution in [0.25, 0.3) is 0 Å². The number of carbonyl (C=O) groups is 1. The van der Waals surface area contributed by atoms with Crippen molar-refractivity contribution in [3.8, 4) is 0 Å². The predicted molar refractivity (Wildman–Crippen MR) is 63.9 cm³/mol. The van der Waals surface area contributed by atoms with Gasteiger partial charge in [-0.2, -0.15) is 0 Å². The molecule has 3 nitrogen and oxygen atoms in total. The number of aliphatic hydroxyl groups is 1. The van der Waals surface area contributed by atoms with Crippen molar-refractivity contribution in [1.29, 1.82) is 0 Å². The third kappa shape index (κ3) is 3.66. The molecule has 1 atom stereocenters. The van der Waals surface area contributed by atoms with Crippen molar-refractivity contribution in [2.45, 2.75) is 39.2 Å². The second-order valence-electron chi connectivity index (χ2n) is 4.22. The summed E-state index contributed by atoms with van der Waals surface area (Å²) in [6, 6.07) is 5.92. The van der Waals surface area contributed by atoms with Gasteiger partial charge in [-0.1, -0.05) is 18.2 Å². The van der Waals surface area contributed by atoms with E-state index in [0.717, 1.165) is 5.56 Å². The van der Waals surface area contributed by atoms with Gasteiger partial charge in [0, 0.05) is 6.42 Å². The summed E-state index contributed by atoms with van der Waals surface area (Å²) in [6.45, 7) is 4.06. The third-order valence-corrected chi connectivity index (χ3v) is 2.82. The number of rotatable bonds is 5. The summed E-state index contributed by atoms with van der Waals surface area (Å²) in [5, 5.41) is 9.90. The van der Waals surface area contributed by atoms with Crippen LogP contribution in [0.4, 0.5) is 0 Å². The maximum Gasteiger partial charge on any atom is 0.217 e. The van der Waals surface area contributed by atoms with Crippen LogP contribution in [-0.4, -0.2) is 11.0 Å². The highest BCUT2D eigenvalue weighted by molar-refractivity contribution is 5.73. The summed E-state index contributed by atoms with van der Waals surface area (Å²) in [5.41, 5.74) is 8.34. The van der Waals surface area contributed by atoms with Crippen LogP contribution in [0.1, 0.15) is 42.1 Å². The highest BCUT2D eigenvalue weighted by Crippen LogP contribution is 2.21. The van der Waals surface area contributed by atoms with Gasteiger partial charge in [-0.15, -0.1) is 0 Å². The Bertz CT molecular complexity index is 374. The summed E-state index contributed by atoms with van der Waals surface area (Å²) in [5.74, 6) is -0.313. The summed E-state index contributed by atoms with van der Waals surface area (Å²) >= 11 is 0. The van der Waals surface area contributed by atoms with E-state index in [1.807, 2.05) is 32.0 Å². The molecule has 0 bridgehead atoms. The van der Waals surface area contributed by atoms with Crippen molar-refractivity contribution in [3.05, 3.63) is 34.9 Å². The molecule has 0 aromatic heterocycles. The average molecular weight is 221 g/mol. The number of aryl methyl sites for hydroxylation is 2. The first-order chi connectivity index (χ1) is 7.50. The lowest BCUT2D eigenvalue weighted by Crippen LogP contribution is -2.10. The standard InChI is InChI=1S/C13H19NO2/c1-9-6-7-11(8-10(9)2)12(15)4-3-5-13(14)16/h6-8,12,15H,3-5H2,1-2H3,(H2,14,16). The molecule has 1 aromatic rings. The van der Waals surface area contributed by atoms with E-state index in [9.17, 15) is 9.90 Å². The first-order valence-electron chi connectivity index (χ1n) is 5.54. The quantitative estimate of drug-likeness (QED) is 0.798. The molecule has 1 aromatic carbocycles. The fourth-order valence-electron chi connectivity index (χ4n) is 1.61. The van der Waals surface area contributed by atoms with Gasteiger partial charge in [-0.3, -0.25) is 4.79 Å². The maximum atomic E-state index is 10.6. The minimum atomic E-state index is -0.501. The Morgan fingerprint density at radius 3 is 2.62 bits per heavy atom. The molecule has 3 heteroatoms. The molecule has 1 rings (SSSR count).